The number of nitriles is 1. The van der Waals surface area contributed by atoms with Gasteiger partial charge in [-0.3, -0.25) is 0 Å². The minimum Gasteiger partial charge on any atom is -0.497 e. The highest BCUT2D eigenvalue weighted by Gasteiger charge is 2.23. The molecule has 1 aromatic heterocycles. The van der Waals surface area contributed by atoms with Gasteiger partial charge in [0, 0.05) is 16.0 Å². The quantitative estimate of drug-likeness (QED) is 0.410. The van der Waals surface area contributed by atoms with Crippen molar-refractivity contribution in [1.29, 1.82) is 5.26 Å². The molecule has 0 aliphatic carbocycles. The van der Waals surface area contributed by atoms with E-state index in [1.54, 1.807) is 7.11 Å². The molecule has 0 fully saturated rings. The average molecular weight is 399 g/mol. The van der Waals surface area contributed by atoms with E-state index < -0.39 is 5.63 Å². The van der Waals surface area contributed by atoms with Gasteiger partial charge in [0.25, 0.3) is 0 Å². The Hall–Kier alpha value is -3.49. The Morgan fingerprint density at radius 3 is 2.41 bits per heavy atom. The Kier molecular flexibility index (Phi) is 5.11. The van der Waals surface area contributed by atoms with Gasteiger partial charge in [-0.1, -0.05) is 42.5 Å². The maximum atomic E-state index is 12.6. The van der Waals surface area contributed by atoms with Crippen LogP contribution in [0.1, 0.15) is 5.56 Å². The number of hydrogen-bond donors (Lipinski definition) is 0. The van der Waals surface area contributed by atoms with E-state index in [-0.39, 0.29) is 5.56 Å². The molecule has 4 rings (SSSR count). The van der Waals surface area contributed by atoms with Crippen LogP contribution in [0.5, 0.6) is 5.75 Å². The molecular formula is C24H17NO3S. The molecule has 142 valence electrons. The van der Waals surface area contributed by atoms with Gasteiger partial charge < -0.3 is 9.15 Å². The molecular weight excluding hydrogens is 382 g/mol. The molecule has 4 aromatic rings. The van der Waals surface area contributed by atoms with Gasteiger partial charge >= 0.3 is 5.63 Å². The first kappa shape index (κ1) is 18.9. The summed E-state index contributed by atoms with van der Waals surface area (Å²) in [4.78, 5) is 13.2. The number of rotatable bonds is 4. The van der Waals surface area contributed by atoms with Gasteiger partial charge in [-0.15, -0.1) is 11.8 Å². The highest BCUT2D eigenvalue weighted by molar-refractivity contribution is 7.98. The molecule has 0 amide bonds. The summed E-state index contributed by atoms with van der Waals surface area (Å²) in [6, 6.07) is 23.4. The predicted octanol–water partition coefficient (Wildman–Crippen LogP) is 5.73. The van der Waals surface area contributed by atoms with Gasteiger partial charge in [0.2, 0.25) is 0 Å². The predicted molar refractivity (Wildman–Crippen MR) is 116 cm³/mol. The van der Waals surface area contributed by atoms with Crippen LogP contribution in [-0.4, -0.2) is 13.4 Å². The Morgan fingerprint density at radius 1 is 1.00 bits per heavy atom. The van der Waals surface area contributed by atoms with Gasteiger partial charge in [-0.2, -0.15) is 5.26 Å². The standard InChI is InChI=1S/C24H17NO3S/c1-27-17-12-10-16(11-13-17)22-21(23(29-2)20(14-25)24(26)28-22)19-9-5-7-15-6-3-4-8-18(15)19/h3-13H,1-2H3. The van der Waals surface area contributed by atoms with Crippen LogP contribution in [0, 0.1) is 11.3 Å². The van der Waals surface area contributed by atoms with E-state index in [0.717, 1.165) is 27.5 Å². The maximum Gasteiger partial charge on any atom is 0.355 e. The molecule has 0 bridgehead atoms. The van der Waals surface area contributed by atoms with Crippen molar-refractivity contribution in [3.05, 3.63) is 82.7 Å². The first-order chi connectivity index (χ1) is 14.2. The Labute approximate surface area is 172 Å². The summed E-state index contributed by atoms with van der Waals surface area (Å²) < 4.78 is 10.9. The minimum atomic E-state index is -0.633. The smallest absolute Gasteiger partial charge is 0.355 e. The molecule has 0 unspecified atom stereocenters. The lowest BCUT2D eigenvalue weighted by molar-refractivity contribution is 0.415. The van der Waals surface area contributed by atoms with Gasteiger partial charge in [0.1, 0.15) is 17.6 Å². The molecule has 3 aromatic carbocycles. The number of methoxy groups -OCH3 is 1. The highest BCUT2D eigenvalue weighted by atomic mass is 32.2. The SMILES string of the molecule is COc1ccc(-c2oc(=O)c(C#N)c(SC)c2-c2cccc3ccccc23)cc1. The second-order valence-electron chi connectivity index (χ2n) is 6.37. The van der Waals surface area contributed by atoms with Crippen LogP contribution < -0.4 is 10.4 Å². The summed E-state index contributed by atoms with van der Waals surface area (Å²) in [5.74, 6) is 1.15. The third-order valence-corrected chi connectivity index (χ3v) is 5.62. The Bertz CT molecular complexity index is 1300. The largest absolute Gasteiger partial charge is 0.497 e. The number of thioether (sulfide) groups is 1. The summed E-state index contributed by atoms with van der Waals surface area (Å²) in [5.41, 5.74) is 1.80. The van der Waals surface area contributed by atoms with Crippen molar-refractivity contribution >= 4 is 22.5 Å². The second kappa shape index (κ2) is 7.86. The normalized spacial score (nSPS) is 10.7. The van der Waals surface area contributed by atoms with E-state index in [9.17, 15) is 10.1 Å². The third-order valence-electron chi connectivity index (χ3n) is 4.81. The number of ether oxygens (including phenoxy) is 1. The summed E-state index contributed by atoms with van der Waals surface area (Å²) in [7, 11) is 1.60. The van der Waals surface area contributed by atoms with E-state index in [1.165, 1.54) is 11.8 Å². The van der Waals surface area contributed by atoms with Crippen molar-refractivity contribution in [3.63, 3.8) is 0 Å². The van der Waals surface area contributed by atoms with E-state index in [1.807, 2.05) is 79.1 Å². The lowest BCUT2D eigenvalue weighted by Gasteiger charge is -2.16. The molecule has 0 saturated carbocycles. The van der Waals surface area contributed by atoms with Crippen LogP contribution >= 0.6 is 11.8 Å². The molecule has 0 aliphatic rings. The molecule has 0 aliphatic heterocycles. The summed E-state index contributed by atoms with van der Waals surface area (Å²) in [6.07, 6.45) is 1.86. The van der Waals surface area contributed by atoms with Crippen LogP contribution in [0.4, 0.5) is 0 Å². The zero-order valence-corrected chi connectivity index (χ0v) is 16.7. The van der Waals surface area contributed by atoms with Gasteiger partial charge in [0.05, 0.1) is 7.11 Å². The van der Waals surface area contributed by atoms with E-state index >= 15 is 0 Å². The molecule has 0 saturated heterocycles. The maximum absolute atomic E-state index is 12.6. The van der Waals surface area contributed by atoms with E-state index in [0.29, 0.717) is 16.4 Å². The van der Waals surface area contributed by atoms with Gasteiger partial charge in [0.15, 0.2) is 5.56 Å². The first-order valence-corrected chi connectivity index (χ1v) is 10.2. The molecule has 4 nitrogen and oxygen atoms in total. The fourth-order valence-electron chi connectivity index (χ4n) is 3.45. The zero-order chi connectivity index (χ0) is 20.4. The topological polar surface area (TPSA) is 63.2 Å². The summed E-state index contributed by atoms with van der Waals surface area (Å²) in [6.45, 7) is 0. The second-order valence-corrected chi connectivity index (χ2v) is 7.19. The number of nitrogens with zero attached hydrogens (tertiary/aromatic N) is 1. The van der Waals surface area contributed by atoms with Crippen LogP contribution in [0.25, 0.3) is 33.2 Å². The Balaban J connectivity index is 2.13. The summed E-state index contributed by atoms with van der Waals surface area (Å²) >= 11 is 1.37. The molecule has 0 N–H and O–H groups in total. The summed E-state index contributed by atoms with van der Waals surface area (Å²) in [5, 5.41) is 11.7. The molecule has 0 spiro atoms. The molecule has 1 heterocycles. The van der Waals surface area contributed by atoms with Crippen molar-refractivity contribution in [1.82, 2.24) is 0 Å². The molecule has 0 atom stereocenters. The fraction of sp³-hybridized carbons (Fsp3) is 0.0833. The lowest BCUT2D eigenvalue weighted by atomic mass is 9.94. The van der Waals surface area contributed by atoms with Crippen molar-refractivity contribution in [2.24, 2.45) is 0 Å². The average Bonchev–Trinajstić information content (AvgIpc) is 2.78. The van der Waals surface area contributed by atoms with Crippen LogP contribution in [0.2, 0.25) is 0 Å². The van der Waals surface area contributed by atoms with E-state index in [4.69, 9.17) is 9.15 Å². The third kappa shape index (κ3) is 3.28. The van der Waals surface area contributed by atoms with Crippen LogP contribution in [0.15, 0.2) is 80.8 Å². The van der Waals surface area contributed by atoms with Crippen LogP contribution in [0.3, 0.4) is 0 Å². The molecule has 5 heteroatoms. The van der Waals surface area contributed by atoms with Crippen molar-refractivity contribution in [3.8, 4) is 34.3 Å². The number of benzene rings is 3. The number of fused-ring (bicyclic) bond motifs is 1. The van der Waals surface area contributed by atoms with Gasteiger partial charge in [-0.25, -0.2) is 4.79 Å². The van der Waals surface area contributed by atoms with Crippen LogP contribution in [-0.2, 0) is 0 Å². The zero-order valence-electron chi connectivity index (χ0n) is 15.9. The number of hydrogen-bond acceptors (Lipinski definition) is 5. The van der Waals surface area contributed by atoms with E-state index in [2.05, 4.69) is 0 Å². The fourth-order valence-corrected chi connectivity index (χ4v) is 4.19. The lowest BCUT2D eigenvalue weighted by Crippen LogP contribution is -2.09. The highest BCUT2D eigenvalue weighted by Crippen LogP contribution is 2.42. The van der Waals surface area contributed by atoms with Gasteiger partial charge in [-0.05, 0) is 46.9 Å². The van der Waals surface area contributed by atoms with Crippen molar-refractivity contribution in [2.45, 2.75) is 4.90 Å². The van der Waals surface area contributed by atoms with Crippen molar-refractivity contribution < 1.29 is 9.15 Å². The minimum absolute atomic E-state index is 0.0256. The molecule has 29 heavy (non-hydrogen) atoms. The monoisotopic (exact) mass is 399 g/mol. The first-order valence-electron chi connectivity index (χ1n) is 8.95. The Morgan fingerprint density at radius 2 is 1.72 bits per heavy atom. The van der Waals surface area contributed by atoms with Crippen molar-refractivity contribution in [2.75, 3.05) is 13.4 Å². The molecule has 0 radical (unpaired) electrons.